The Balaban J connectivity index is 2.52. The number of anilines is 1. The first-order valence-electron chi connectivity index (χ1n) is 6.85. The highest BCUT2D eigenvalue weighted by Gasteiger charge is 2.13. The number of ether oxygens (including phenoxy) is 1. The van der Waals surface area contributed by atoms with Crippen LogP contribution in [0.4, 0.5) is 5.69 Å². The van der Waals surface area contributed by atoms with Crippen molar-refractivity contribution in [1.82, 2.24) is 5.43 Å². The van der Waals surface area contributed by atoms with Crippen molar-refractivity contribution >= 4 is 23.2 Å². The maximum absolute atomic E-state index is 11.7. The van der Waals surface area contributed by atoms with E-state index in [4.69, 9.17) is 4.74 Å². The standard InChI is InChI=1S/C15H21N3O3/c1-4-5-7-11(2)17-18-15(20)14(19)16-12-8-6-9-13(10-12)21-3/h6,8-10H,4-5,7H2,1-3H3,(H,16,19)(H,18,20)/b17-11+. The first-order valence-corrected chi connectivity index (χ1v) is 6.85. The molecule has 6 nitrogen and oxygen atoms in total. The summed E-state index contributed by atoms with van der Waals surface area (Å²) in [6.45, 7) is 3.89. The van der Waals surface area contributed by atoms with Crippen LogP contribution < -0.4 is 15.5 Å². The first kappa shape index (κ1) is 16.7. The van der Waals surface area contributed by atoms with Gasteiger partial charge < -0.3 is 10.1 Å². The third kappa shape index (κ3) is 6.07. The van der Waals surface area contributed by atoms with Gasteiger partial charge in [0.05, 0.1) is 7.11 Å². The van der Waals surface area contributed by atoms with E-state index in [1.165, 1.54) is 7.11 Å². The van der Waals surface area contributed by atoms with Gasteiger partial charge in [-0.3, -0.25) is 9.59 Å². The fourth-order valence-corrected chi connectivity index (χ4v) is 1.57. The minimum absolute atomic E-state index is 0.487. The van der Waals surface area contributed by atoms with Crippen LogP contribution in [-0.2, 0) is 9.59 Å². The molecule has 1 rings (SSSR count). The van der Waals surface area contributed by atoms with E-state index in [1.807, 2.05) is 6.92 Å². The summed E-state index contributed by atoms with van der Waals surface area (Å²) in [7, 11) is 1.53. The molecule has 0 bridgehead atoms. The highest BCUT2D eigenvalue weighted by molar-refractivity contribution is 6.39. The third-order valence-electron chi connectivity index (χ3n) is 2.77. The van der Waals surface area contributed by atoms with Gasteiger partial charge in [0.15, 0.2) is 0 Å². The lowest BCUT2D eigenvalue weighted by Gasteiger charge is -2.06. The van der Waals surface area contributed by atoms with Gasteiger partial charge in [-0.1, -0.05) is 19.4 Å². The average molecular weight is 291 g/mol. The number of hydrazone groups is 1. The molecule has 0 heterocycles. The van der Waals surface area contributed by atoms with Gasteiger partial charge in [-0.05, 0) is 31.9 Å². The molecule has 114 valence electrons. The molecule has 1 aromatic carbocycles. The molecule has 0 fully saturated rings. The maximum atomic E-state index is 11.7. The highest BCUT2D eigenvalue weighted by Crippen LogP contribution is 2.16. The molecule has 2 amide bonds. The number of nitrogens with zero attached hydrogens (tertiary/aromatic N) is 1. The highest BCUT2D eigenvalue weighted by atomic mass is 16.5. The van der Waals surface area contributed by atoms with Gasteiger partial charge in [0.1, 0.15) is 5.75 Å². The summed E-state index contributed by atoms with van der Waals surface area (Å²) in [5, 5.41) is 6.37. The fraction of sp³-hybridized carbons (Fsp3) is 0.400. The Morgan fingerprint density at radius 3 is 2.71 bits per heavy atom. The smallest absolute Gasteiger partial charge is 0.329 e. The van der Waals surface area contributed by atoms with Gasteiger partial charge in [-0.15, -0.1) is 0 Å². The van der Waals surface area contributed by atoms with Crippen LogP contribution in [0, 0.1) is 0 Å². The van der Waals surface area contributed by atoms with E-state index < -0.39 is 11.8 Å². The Morgan fingerprint density at radius 1 is 1.29 bits per heavy atom. The van der Waals surface area contributed by atoms with Crippen molar-refractivity contribution < 1.29 is 14.3 Å². The monoisotopic (exact) mass is 291 g/mol. The van der Waals surface area contributed by atoms with Gasteiger partial charge >= 0.3 is 11.8 Å². The van der Waals surface area contributed by atoms with E-state index in [0.717, 1.165) is 25.0 Å². The summed E-state index contributed by atoms with van der Waals surface area (Å²) in [4.78, 5) is 23.3. The van der Waals surface area contributed by atoms with Crippen LogP contribution in [-0.4, -0.2) is 24.6 Å². The molecule has 6 heteroatoms. The Hall–Kier alpha value is -2.37. The van der Waals surface area contributed by atoms with Crippen LogP contribution in [0.15, 0.2) is 29.4 Å². The summed E-state index contributed by atoms with van der Waals surface area (Å²) in [5.74, 6) is -0.967. The number of carbonyl (C=O) groups is 2. The van der Waals surface area contributed by atoms with Crippen molar-refractivity contribution in [3.63, 3.8) is 0 Å². The van der Waals surface area contributed by atoms with E-state index in [9.17, 15) is 9.59 Å². The van der Waals surface area contributed by atoms with E-state index in [0.29, 0.717) is 11.4 Å². The zero-order valence-corrected chi connectivity index (χ0v) is 12.6. The fourth-order valence-electron chi connectivity index (χ4n) is 1.57. The molecular formula is C15H21N3O3. The second-order valence-electron chi connectivity index (χ2n) is 4.58. The van der Waals surface area contributed by atoms with Crippen molar-refractivity contribution in [2.75, 3.05) is 12.4 Å². The number of unbranched alkanes of at least 4 members (excludes halogenated alkanes) is 1. The molecule has 0 aromatic heterocycles. The van der Waals surface area contributed by atoms with E-state index in [2.05, 4.69) is 22.8 Å². The largest absolute Gasteiger partial charge is 0.497 e. The molecular weight excluding hydrogens is 270 g/mol. The van der Waals surface area contributed by atoms with Crippen molar-refractivity contribution in [3.8, 4) is 5.75 Å². The Morgan fingerprint density at radius 2 is 2.05 bits per heavy atom. The van der Waals surface area contributed by atoms with Crippen molar-refractivity contribution in [1.29, 1.82) is 0 Å². The van der Waals surface area contributed by atoms with E-state index in [1.54, 1.807) is 24.3 Å². The number of rotatable bonds is 6. The average Bonchev–Trinajstić information content (AvgIpc) is 2.50. The summed E-state index contributed by atoms with van der Waals surface area (Å²) in [6.07, 6.45) is 2.85. The molecule has 21 heavy (non-hydrogen) atoms. The Labute approximate surface area is 124 Å². The van der Waals surface area contributed by atoms with Gasteiger partial charge in [0.25, 0.3) is 0 Å². The summed E-state index contributed by atoms with van der Waals surface area (Å²) in [5.41, 5.74) is 3.52. The Kier molecular flexibility index (Phi) is 6.94. The molecule has 0 aliphatic carbocycles. The lowest BCUT2D eigenvalue weighted by Crippen LogP contribution is -2.32. The second-order valence-corrected chi connectivity index (χ2v) is 4.58. The van der Waals surface area contributed by atoms with Crippen molar-refractivity contribution in [3.05, 3.63) is 24.3 Å². The summed E-state index contributed by atoms with van der Waals surface area (Å²) < 4.78 is 5.04. The molecule has 0 saturated carbocycles. The van der Waals surface area contributed by atoms with Crippen LogP contribution in [0.25, 0.3) is 0 Å². The number of hydrogen-bond acceptors (Lipinski definition) is 4. The zero-order chi connectivity index (χ0) is 15.7. The van der Waals surface area contributed by atoms with E-state index >= 15 is 0 Å². The summed E-state index contributed by atoms with van der Waals surface area (Å²) in [6, 6.07) is 6.76. The van der Waals surface area contributed by atoms with Gasteiger partial charge in [-0.2, -0.15) is 5.10 Å². The topological polar surface area (TPSA) is 79.8 Å². The lowest BCUT2D eigenvalue weighted by molar-refractivity contribution is -0.136. The SMILES string of the molecule is CCCC/C(C)=N/NC(=O)C(=O)Nc1cccc(OC)c1. The molecule has 0 atom stereocenters. The molecule has 0 radical (unpaired) electrons. The molecule has 0 aliphatic heterocycles. The van der Waals surface area contributed by atoms with Gasteiger partial charge in [0, 0.05) is 17.5 Å². The van der Waals surface area contributed by atoms with Crippen molar-refractivity contribution in [2.24, 2.45) is 5.10 Å². The molecule has 0 spiro atoms. The van der Waals surface area contributed by atoms with Crippen LogP contribution in [0.1, 0.15) is 33.1 Å². The quantitative estimate of drug-likeness (QED) is 0.479. The van der Waals surface area contributed by atoms with Gasteiger partial charge in [0.2, 0.25) is 0 Å². The predicted molar refractivity (Wildman–Crippen MR) is 82.4 cm³/mol. The molecule has 0 aliphatic rings. The number of hydrogen-bond donors (Lipinski definition) is 2. The first-order chi connectivity index (χ1) is 10.1. The summed E-state index contributed by atoms with van der Waals surface area (Å²) >= 11 is 0. The Bertz CT molecular complexity index is 527. The zero-order valence-electron chi connectivity index (χ0n) is 12.6. The minimum atomic E-state index is -0.798. The van der Waals surface area contributed by atoms with Crippen LogP contribution in [0.3, 0.4) is 0 Å². The number of amides is 2. The van der Waals surface area contributed by atoms with Crippen molar-refractivity contribution in [2.45, 2.75) is 33.1 Å². The van der Waals surface area contributed by atoms with Crippen LogP contribution >= 0.6 is 0 Å². The normalized spacial score (nSPS) is 10.9. The lowest BCUT2D eigenvalue weighted by atomic mass is 10.2. The molecule has 2 N–H and O–H groups in total. The minimum Gasteiger partial charge on any atom is -0.497 e. The molecule has 0 unspecified atom stereocenters. The maximum Gasteiger partial charge on any atom is 0.329 e. The van der Waals surface area contributed by atoms with Gasteiger partial charge in [-0.25, -0.2) is 5.43 Å². The van der Waals surface area contributed by atoms with Crippen LogP contribution in [0.5, 0.6) is 5.75 Å². The number of carbonyl (C=O) groups excluding carboxylic acids is 2. The molecule has 0 saturated heterocycles. The number of benzene rings is 1. The number of nitrogens with one attached hydrogen (secondary N) is 2. The molecule has 1 aromatic rings. The number of methoxy groups -OCH3 is 1. The van der Waals surface area contributed by atoms with Crippen LogP contribution in [0.2, 0.25) is 0 Å². The predicted octanol–water partition coefficient (Wildman–Crippen LogP) is 2.32. The van der Waals surface area contributed by atoms with E-state index in [-0.39, 0.29) is 0 Å². The second kappa shape index (κ2) is 8.73. The third-order valence-corrected chi connectivity index (χ3v) is 2.77.